The zero-order chi connectivity index (χ0) is 21.6. The van der Waals surface area contributed by atoms with Gasteiger partial charge in [-0.2, -0.15) is 0 Å². The maximum absolute atomic E-state index is 5.66. The van der Waals surface area contributed by atoms with E-state index in [1.165, 1.54) is 5.56 Å². The molecular weight excluding hydrogens is 388 g/mol. The van der Waals surface area contributed by atoms with E-state index >= 15 is 0 Å². The second kappa shape index (κ2) is 9.71. The molecule has 0 amide bonds. The van der Waals surface area contributed by atoms with E-state index in [4.69, 9.17) is 9.47 Å². The molecule has 2 heterocycles. The number of nitrogens with zero attached hydrogens (tertiary/aromatic N) is 2. The minimum absolute atomic E-state index is 0.192. The number of morpholine rings is 1. The predicted molar refractivity (Wildman–Crippen MR) is 127 cm³/mol. The lowest BCUT2D eigenvalue weighted by Gasteiger charge is -2.29. The van der Waals surface area contributed by atoms with Crippen LogP contribution in [0.3, 0.4) is 0 Å². The largest absolute Gasteiger partial charge is 0.494 e. The van der Waals surface area contributed by atoms with Gasteiger partial charge in [0, 0.05) is 48.8 Å². The third-order valence-corrected chi connectivity index (χ3v) is 5.60. The first-order chi connectivity index (χ1) is 15.1. The van der Waals surface area contributed by atoms with Crippen molar-refractivity contribution < 1.29 is 9.47 Å². The number of benzene rings is 2. The molecule has 1 saturated heterocycles. The highest BCUT2D eigenvalue weighted by Gasteiger charge is 2.14. The van der Waals surface area contributed by atoms with Crippen molar-refractivity contribution in [1.29, 1.82) is 0 Å². The molecule has 0 radical (unpaired) electrons. The van der Waals surface area contributed by atoms with Crippen LogP contribution in [0.15, 0.2) is 60.8 Å². The Balaban J connectivity index is 1.52. The Labute approximate surface area is 184 Å². The smallest absolute Gasteiger partial charge is 0.144 e. The van der Waals surface area contributed by atoms with Crippen molar-refractivity contribution in [1.82, 2.24) is 4.98 Å². The van der Waals surface area contributed by atoms with Gasteiger partial charge in [-0.05, 0) is 37.1 Å². The second-order valence-corrected chi connectivity index (χ2v) is 7.77. The molecule has 1 fully saturated rings. The molecule has 162 valence electrons. The standard InChI is InChI=1S/C25H30N4O2/c1-18-17-26-25(16-23(18)27-19(2)20-7-5-4-6-8-20)28-22-10-9-21(15-24(22)30-3)29-11-13-31-14-12-29/h4-10,15-17,19H,11-14H2,1-3H3,(H2,26,27,28)/t19-/m0/s1. The van der Waals surface area contributed by atoms with E-state index in [1.807, 2.05) is 24.4 Å². The number of aryl methyl sites for hydroxylation is 1. The highest BCUT2D eigenvalue weighted by molar-refractivity contribution is 5.71. The number of anilines is 4. The molecule has 0 aliphatic carbocycles. The van der Waals surface area contributed by atoms with Crippen LogP contribution in [0.25, 0.3) is 0 Å². The molecule has 6 heteroatoms. The van der Waals surface area contributed by atoms with Gasteiger partial charge in [-0.1, -0.05) is 30.3 Å². The molecule has 0 bridgehead atoms. The molecule has 31 heavy (non-hydrogen) atoms. The summed E-state index contributed by atoms with van der Waals surface area (Å²) in [4.78, 5) is 6.88. The van der Waals surface area contributed by atoms with Gasteiger partial charge in [-0.3, -0.25) is 0 Å². The van der Waals surface area contributed by atoms with Crippen LogP contribution in [0, 0.1) is 6.92 Å². The van der Waals surface area contributed by atoms with Gasteiger partial charge in [0.15, 0.2) is 0 Å². The van der Waals surface area contributed by atoms with Gasteiger partial charge in [0.2, 0.25) is 0 Å². The summed E-state index contributed by atoms with van der Waals surface area (Å²) in [5.74, 6) is 1.56. The molecule has 4 rings (SSSR count). The molecule has 6 nitrogen and oxygen atoms in total. The Bertz CT molecular complexity index is 1000. The van der Waals surface area contributed by atoms with Gasteiger partial charge in [-0.25, -0.2) is 4.98 Å². The summed E-state index contributed by atoms with van der Waals surface area (Å²) >= 11 is 0. The lowest BCUT2D eigenvalue weighted by molar-refractivity contribution is 0.122. The minimum Gasteiger partial charge on any atom is -0.494 e. The van der Waals surface area contributed by atoms with Crippen molar-refractivity contribution in [3.05, 3.63) is 71.9 Å². The summed E-state index contributed by atoms with van der Waals surface area (Å²) in [7, 11) is 1.70. The van der Waals surface area contributed by atoms with Crippen LogP contribution in [-0.2, 0) is 4.74 Å². The molecule has 2 N–H and O–H groups in total. The highest BCUT2D eigenvalue weighted by atomic mass is 16.5. The Hall–Kier alpha value is -3.25. The van der Waals surface area contributed by atoms with E-state index in [2.05, 4.69) is 70.8 Å². The summed E-state index contributed by atoms with van der Waals surface area (Å²) in [5, 5.41) is 7.02. The fourth-order valence-electron chi connectivity index (χ4n) is 3.75. The van der Waals surface area contributed by atoms with Crippen LogP contribution in [0.1, 0.15) is 24.1 Å². The van der Waals surface area contributed by atoms with E-state index in [1.54, 1.807) is 7.11 Å². The van der Waals surface area contributed by atoms with Crippen molar-refractivity contribution in [2.24, 2.45) is 0 Å². The number of rotatable bonds is 7. The Kier molecular flexibility index (Phi) is 6.57. The molecule has 2 aromatic carbocycles. The third-order valence-electron chi connectivity index (χ3n) is 5.60. The van der Waals surface area contributed by atoms with E-state index in [-0.39, 0.29) is 6.04 Å². The Morgan fingerprint density at radius 2 is 1.81 bits per heavy atom. The lowest BCUT2D eigenvalue weighted by Crippen LogP contribution is -2.36. The molecule has 1 aliphatic heterocycles. The SMILES string of the molecule is COc1cc(N2CCOCC2)ccc1Nc1cc(N[C@@H](C)c2ccccc2)c(C)cn1. The van der Waals surface area contributed by atoms with Crippen molar-refractivity contribution >= 4 is 22.9 Å². The molecule has 1 aliphatic rings. The quantitative estimate of drug-likeness (QED) is 0.553. The molecule has 0 spiro atoms. The van der Waals surface area contributed by atoms with Gasteiger partial charge in [0.25, 0.3) is 0 Å². The van der Waals surface area contributed by atoms with Crippen LogP contribution in [0.5, 0.6) is 5.75 Å². The topological polar surface area (TPSA) is 58.7 Å². The fourth-order valence-corrected chi connectivity index (χ4v) is 3.75. The number of pyridine rings is 1. The molecular formula is C25H30N4O2. The number of ether oxygens (including phenoxy) is 2. The van der Waals surface area contributed by atoms with E-state index in [0.29, 0.717) is 0 Å². The summed E-state index contributed by atoms with van der Waals surface area (Å²) < 4.78 is 11.1. The zero-order valence-electron chi connectivity index (χ0n) is 18.4. The summed E-state index contributed by atoms with van der Waals surface area (Å²) in [6, 6.07) is 18.9. The van der Waals surface area contributed by atoms with Crippen LogP contribution < -0.4 is 20.3 Å². The molecule has 0 saturated carbocycles. The minimum atomic E-state index is 0.192. The zero-order valence-corrected chi connectivity index (χ0v) is 18.4. The third kappa shape index (κ3) is 5.09. The van der Waals surface area contributed by atoms with Crippen LogP contribution >= 0.6 is 0 Å². The van der Waals surface area contributed by atoms with Gasteiger partial charge in [0.1, 0.15) is 11.6 Å². The highest BCUT2D eigenvalue weighted by Crippen LogP contribution is 2.33. The maximum Gasteiger partial charge on any atom is 0.144 e. The average Bonchev–Trinajstić information content (AvgIpc) is 2.82. The van der Waals surface area contributed by atoms with Crippen LogP contribution in [0.4, 0.5) is 22.9 Å². The first-order valence-electron chi connectivity index (χ1n) is 10.7. The van der Waals surface area contributed by atoms with Crippen LogP contribution in [0.2, 0.25) is 0 Å². The van der Waals surface area contributed by atoms with Gasteiger partial charge in [0.05, 0.1) is 26.0 Å². The van der Waals surface area contributed by atoms with E-state index in [0.717, 1.165) is 60.5 Å². The predicted octanol–water partition coefficient (Wildman–Crippen LogP) is 5.15. The van der Waals surface area contributed by atoms with Gasteiger partial charge in [-0.15, -0.1) is 0 Å². The fraction of sp³-hybridized carbons (Fsp3) is 0.320. The number of methoxy groups -OCH3 is 1. The van der Waals surface area contributed by atoms with Crippen LogP contribution in [-0.4, -0.2) is 38.4 Å². The molecule has 1 atom stereocenters. The van der Waals surface area contributed by atoms with Crippen molar-refractivity contribution in [2.75, 3.05) is 48.9 Å². The normalized spacial score (nSPS) is 14.7. The average molecular weight is 419 g/mol. The molecule has 0 unspecified atom stereocenters. The van der Waals surface area contributed by atoms with Crippen molar-refractivity contribution in [2.45, 2.75) is 19.9 Å². The summed E-state index contributed by atoms with van der Waals surface area (Å²) in [6.07, 6.45) is 1.89. The van der Waals surface area contributed by atoms with Crippen molar-refractivity contribution in [3.63, 3.8) is 0 Å². The van der Waals surface area contributed by atoms with Crippen molar-refractivity contribution in [3.8, 4) is 5.75 Å². The number of nitrogens with one attached hydrogen (secondary N) is 2. The first-order valence-corrected chi connectivity index (χ1v) is 10.7. The Morgan fingerprint density at radius 3 is 2.55 bits per heavy atom. The maximum atomic E-state index is 5.66. The molecule has 3 aromatic rings. The van der Waals surface area contributed by atoms with E-state index in [9.17, 15) is 0 Å². The van der Waals surface area contributed by atoms with Gasteiger partial charge < -0.3 is 25.0 Å². The summed E-state index contributed by atoms with van der Waals surface area (Å²) in [5.41, 5.74) is 5.42. The number of aromatic nitrogens is 1. The summed E-state index contributed by atoms with van der Waals surface area (Å²) in [6.45, 7) is 7.53. The lowest BCUT2D eigenvalue weighted by atomic mass is 10.1. The second-order valence-electron chi connectivity index (χ2n) is 7.77. The first kappa shape index (κ1) is 21.0. The molecule has 1 aromatic heterocycles. The Morgan fingerprint density at radius 1 is 1.03 bits per heavy atom. The van der Waals surface area contributed by atoms with Gasteiger partial charge >= 0.3 is 0 Å². The number of hydrogen-bond donors (Lipinski definition) is 2. The van der Waals surface area contributed by atoms with E-state index < -0.39 is 0 Å². The number of hydrogen-bond acceptors (Lipinski definition) is 6. The monoisotopic (exact) mass is 418 g/mol.